The Morgan fingerprint density at radius 2 is 1.30 bits per heavy atom. The fourth-order valence-electron chi connectivity index (χ4n) is 3.89. The quantitative estimate of drug-likeness (QED) is 0.695. The minimum Gasteiger partial charge on any atom is -0.351 e. The standard InChI is InChI=1S/C19H25F4N7/c1-30-11-6-14(29-30)15-26-16(24-12-2-7-18(20,21)8-3-12)28-17(27-15)25-13-4-9-19(22,23)10-5-13/h6,11-13H,2-5,7-10H2,1H3,(H2,24,25,26,27,28). The Bertz CT molecular complexity index is 817. The van der Waals surface area contributed by atoms with E-state index in [1.807, 2.05) is 0 Å². The maximum atomic E-state index is 13.4. The number of hydrogen-bond donors (Lipinski definition) is 2. The number of hydrogen-bond acceptors (Lipinski definition) is 6. The fraction of sp³-hybridized carbons (Fsp3) is 0.684. The smallest absolute Gasteiger partial charge is 0.248 e. The first-order chi connectivity index (χ1) is 14.2. The normalized spacial score (nSPS) is 22.0. The molecule has 2 aromatic heterocycles. The molecule has 0 spiro atoms. The molecule has 0 bridgehead atoms. The summed E-state index contributed by atoms with van der Waals surface area (Å²) in [5, 5.41) is 10.6. The highest BCUT2D eigenvalue weighted by atomic mass is 19.3. The number of aryl methyl sites for hydroxylation is 1. The maximum absolute atomic E-state index is 13.4. The summed E-state index contributed by atoms with van der Waals surface area (Å²) < 4.78 is 55.4. The van der Waals surface area contributed by atoms with Gasteiger partial charge in [0.25, 0.3) is 0 Å². The molecule has 0 aromatic carbocycles. The van der Waals surface area contributed by atoms with Gasteiger partial charge in [-0.15, -0.1) is 0 Å². The van der Waals surface area contributed by atoms with E-state index in [9.17, 15) is 17.6 Å². The molecular weight excluding hydrogens is 402 g/mol. The molecule has 2 aromatic rings. The van der Waals surface area contributed by atoms with E-state index in [0.717, 1.165) is 0 Å². The molecule has 0 saturated heterocycles. The van der Waals surface area contributed by atoms with Gasteiger partial charge in [-0.1, -0.05) is 0 Å². The fourth-order valence-corrected chi connectivity index (χ4v) is 3.89. The second kappa shape index (κ2) is 7.99. The van der Waals surface area contributed by atoms with Gasteiger partial charge in [0.05, 0.1) is 0 Å². The van der Waals surface area contributed by atoms with E-state index in [1.165, 1.54) is 0 Å². The van der Waals surface area contributed by atoms with Crippen molar-refractivity contribution in [1.82, 2.24) is 24.7 Å². The molecule has 0 amide bonds. The zero-order chi connectivity index (χ0) is 21.4. The Hall–Kier alpha value is -2.46. The number of aromatic nitrogens is 5. The Morgan fingerprint density at radius 1 is 0.833 bits per heavy atom. The third-order valence-electron chi connectivity index (χ3n) is 5.68. The van der Waals surface area contributed by atoms with Crippen LogP contribution in [-0.2, 0) is 7.05 Å². The topological polar surface area (TPSA) is 80.5 Å². The number of anilines is 2. The molecule has 2 N–H and O–H groups in total. The highest BCUT2D eigenvalue weighted by molar-refractivity contribution is 5.53. The van der Waals surface area contributed by atoms with Crippen LogP contribution in [0.1, 0.15) is 51.4 Å². The number of nitrogens with zero attached hydrogens (tertiary/aromatic N) is 5. The zero-order valence-electron chi connectivity index (χ0n) is 16.7. The van der Waals surface area contributed by atoms with Crippen LogP contribution < -0.4 is 10.6 Å². The van der Waals surface area contributed by atoms with E-state index in [2.05, 4.69) is 30.7 Å². The molecule has 11 heteroatoms. The van der Waals surface area contributed by atoms with Crippen LogP contribution in [0.5, 0.6) is 0 Å². The molecule has 2 saturated carbocycles. The molecule has 0 radical (unpaired) electrons. The van der Waals surface area contributed by atoms with E-state index in [-0.39, 0.29) is 49.7 Å². The van der Waals surface area contributed by atoms with E-state index in [1.54, 1.807) is 24.0 Å². The average Bonchev–Trinajstić information content (AvgIpc) is 3.12. The minimum absolute atomic E-state index is 0.162. The monoisotopic (exact) mass is 427 g/mol. The lowest BCUT2D eigenvalue weighted by atomic mass is 9.92. The van der Waals surface area contributed by atoms with Crippen LogP contribution in [0.15, 0.2) is 12.3 Å². The average molecular weight is 427 g/mol. The summed E-state index contributed by atoms with van der Waals surface area (Å²) in [5.41, 5.74) is 0.538. The first kappa shape index (κ1) is 20.8. The van der Waals surface area contributed by atoms with Gasteiger partial charge in [0, 0.05) is 51.0 Å². The van der Waals surface area contributed by atoms with Gasteiger partial charge in [0.2, 0.25) is 23.7 Å². The predicted octanol–water partition coefficient (Wildman–Crippen LogP) is 4.25. The highest BCUT2D eigenvalue weighted by Gasteiger charge is 2.36. The molecular formula is C19H25F4N7. The number of nitrogens with one attached hydrogen (secondary N) is 2. The second-order valence-electron chi connectivity index (χ2n) is 8.23. The van der Waals surface area contributed by atoms with Crippen LogP contribution in [0.25, 0.3) is 11.5 Å². The number of halogens is 4. The Kier molecular flexibility index (Phi) is 5.54. The Labute approximate surface area is 171 Å². The predicted molar refractivity (Wildman–Crippen MR) is 104 cm³/mol. The number of alkyl halides is 4. The molecule has 0 unspecified atom stereocenters. The highest BCUT2D eigenvalue weighted by Crippen LogP contribution is 2.35. The van der Waals surface area contributed by atoms with Crippen LogP contribution >= 0.6 is 0 Å². The van der Waals surface area contributed by atoms with E-state index in [4.69, 9.17) is 0 Å². The van der Waals surface area contributed by atoms with Crippen molar-refractivity contribution in [3.8, 4) is 11.5 Å². The van der Waals surface area contributed by atoms with Gasteiger partial charge >= 0.3 is 0 Å². The molecule has 0 atom stereocenters. The summed E-state index contributed by atoms with van der Waals surface area (Å²) >= 11 is 0. The molecule has 30 heavy (non-hydrogen) atoms. The van der Waals surface area contributed by atoms with Crippen LogP contribution in [-0.4, -0.2) is 48.7 Å². The third kappa shape index (κ3) is 5.17. The molecule has 7 nitrogen and oxygen atoms in total. The van der Waals surface area contributed by atoms with Crippen molar-refractivity contribution >= 4 is 11.9 Å². The molecule has 2 aliphatic rings. The van der Waals surface area contributed by atoms with Gasteiger partial charge in [-0.3, -0.25) is 4.68 Å². The van der Waals surface area contributed by atoms with Crippen molar-refractivity contribution in [2.45, 2.75) is 75.3 Å². The maximum Gasteiger partial charge on any atom is 0.248 e. The Morgan fingerprint density at radius 3 is 1.70 bits per heavy atom. The van der Waals surface area contributed by atoms with Gasteiger partial charge in [-0.25, -0.2) is 17.6 Å². The van der Waals surface area contributed by atoms with Crippen molar-refractivity contribution in [2.75, 3.05) is 10.6 Å². The second-order valence-corrected chi connectivity index (χ2v) is 8.23. The zero-order valence-corrected chi connectivity index (χ0v) is 16.7. The van der Waals surface area contributed by atoms with E-state index >= 15 is 0 Å². The third-order valence-corrected chi connectivity index (χ3v) is 5.68. The molecule has 2 fully saturated rings. The van der Waals surface area contributed by atoms with Crippen LogP contribution in [0, 0.1) is 0 Å². The van der Waals surface area contributed by atoms with Crippen molar-refractivity contribution in [3.63, 3.8) is 0 Å². The van der Waals surface area contributed by atoms with Crippen molar-refractivity contribution in [2.24, 2.45) is 7.05 Å². The van der Waals surface area contributed by atoms with Gasteiger partial charge in [-0.05, 0) is 31.7 Å². The van der Waals surface area contributed by atoms with Crippen LogP contribution in [0.3, 0.4) is 0 Å². The van der Waals surface area contributed by atoms with Crippen LogP contribution in [0.2, 0.25) is 0 Å². The van der Waals surface area contributed by atoms with Gasteiger partial charge in [0.1, 0.15) is 5.69 Å². The summed E-state index contributed by atoms with van der Waals surface area (Å²) in [6, 6.07) is 1.43. The lowest BCUT2D eigenvalue weighted by molar-refractivity contribution is -0.0366. The first-order valence-electron chi connectivity index (χ1n) is 10.2. The summed E-state index contributed by atoms with van der Waals surface area (Å²) in [6.45, 7) is 0. The molecule has 164 valence electrons. The summed E-state index contributed by atoms with van der Waals surface area (Å²) in [7, 11) is 1.77. The van der Waals surface area contributed by atoms with Gasteiger partial charge in [0.15, 0.2) is 5.82 Å². The minimum atomic E-state index is -2.62. The Balaban J connectivity index is 1.52. The molecule has 4 rings (SSSR count). The lowest BCUT2D eigenvalue weighted by Gasteiger charge is -2.29. The van der Waals surface area contributed by atoms with Gasteiger partial charge in [-0.2, -0.15) is 20.1 Å². The summed E-state index contributed by atoms with van der Waals surface area (Å²) in [5.74, 6) is -4.37. The molecule has 2 aliphatic carbocycles. The summed E-state index contributed by atoms with van der Waals surface area (Å²) in [6.07, 6.45) is 2.32. The van der Waals surface area contributed by atoms with Crippen LogP contribution in [0.4, 0.5) is 29.5 Å². The lowest BCUT2D eigenvalue weighted by Crippen LogP contribution is -2.33. The first-order valence-corrected chi connectivity index (χ1v) is 10.2. The SMILES string of the molecule is Cn1ccc(-c2nc(NC3CCC(F)(F)CC3)nc(NC3CCC(F)(F)CC3)n2)n1. The van der Waals surface area contributed by atoms with Gasteiger partial charge < -0.3 is 10.6 Å². The largest absolute Gasteiger partial charge is 0.351 e. The summed E-state index contributed by atoms with van der Waals surface area (Å²) in [4.78, 5) is 13.2. The van der Waals surface area contributed by atoms with Crippen molar-refractivity contribution < 1.29 is 17.6 Å². The van der Waals surface area contributed by atoms with E-state index < -0.39 is 11.8 Å². The number of rotatable bonds is 5. The van der Waals surface area contributed by atoms with Crippen molar-refractivity contribution in [1.29, 1.82) is 0 Å². The molecule has 2 heterocycles. The van der Waals surface area contributed by atoms with E-state index in [0.29, 0.717) is 37.2 Å². The van der Waals surface area contributed by atoms with Crippen molar-refractivity contribution in [3.05, 3.63) is 12.3 Å². The molecule has 0 aliphatic heterocycles.